The summed E-state index contributed by atoms with van der Waals surface area (Å²) in [5.41, 5.74) is 0.397. The molecule has 3 nitrogen and oxygen atoms in total. The van der Waals surface area contributed by atoms with E-state index in [-0.39, 0.29) is 12.5 Å². The van der Waals surface area contributed by atoms with E-state index in [0.29, 0.717) is 0 Å². The first-order valence-corrected chi connectivity index (χ1v) is 8.00. The molecule has 0 aromatic heterocycles. The van der Waals surface area contributed by atoms with Gasteiger partial charge in [0.15, 0.2) is 0 Å². The lowest BCUT2D eigenvalue weighted by molar-refractivity contribution is -0.0268. The molecule has 1 atom stereocenters. The zero-order valence-corrected chi connectivity index (χ0v) is 14.5. The SMILES string of the molecule is CCCNCc1ccc(OCC(C)(O)C(C)C)c(Br)c1. The van der Waals surface area contributed by atoms with Crippen LogP contribution in [-0.4, -0.2) is 23.9 Å². The van der Waals surface area contributed by atoms with E-state index in [4.69, 9.17) is 4.74 Å². The van der Waals surface area contributed by atoms with E-state index >= 15 is 0 Å². The van der Waals surface area contributed by atoms with Crippen LogP contribution >= 0.6 is 15.9 Å². The Morgan fingerprint density at radius 3 is 2.65 bits per heavy atom. The third kappa shape index (κ3) is 5.43. The highest BCUT2D eigenvalue weighted by atomic mass is 79.9. The molecule has 0 amide bonds. The minimum absolute atomic E-state index is 0.152. The van der Waals surface area contributed by atoms with Crippen molar-refractivity contribution in [1.82, 2.24) is 5.32 Å². The quantitative estimate of drug-likeness (QED) is 0.706. The van der Waals surface area contributed by atoms with E-state index in [1.54, 1.807) is 6.92 Å². The molecule has 1 aromatic carbocycles. The Hall–Kier alpha value is -0.580. The summed E-state index contributed by atoms with van der Waals surface area (Å²) in [5, 5.41) is 13.6. The van der Waals surface area contributed by atoms with Gasteiger partial charge in [0.1, 0.15) is 12.4 Å². The molecule has 1 rings (SSSR count). The minimum Gasteiger partial charge on any atom is -0.489 e. The van der Waals surface area contributed by atoms with Crippen molar-refractivity contribution in [2.24, 2.45) is 5.92 Å². The number of rotatable bonds is 8. The highest BCUT2D eigenvalue weighted by molar-refractivity contribution is 9.10. The number of aliphatic hydroxyl groups is 1. The maximum absolute atomic E-state index is 10.2. The zero-order chi connectivity index (χ0) is 15.2. The topological polar surface area (TPSA) is 41.5 Å². The second kappa shape index (κ2) is 8.01. The van der Waals surface area contributed by atoms with Crippen LogP contribution in [0.3, 0.4) is 0 Å². The molecule has 0 heterocycles. The number of halogens is 1. The van der Waals surface area contributed by atoms with Crippen LogP contribution in [0.5, 0.6) is 5.75 Å². The van der Waals surface area contributed by atoms with Gasteiger partial charge >= 0.3 is 0 Å². The highest BCUT2D eigenvalue weighted by Crippen LogP contribution is 2.27. The van der Waals surface area contributed by atoms with Crippen molar-refractivity contribution in [3.8, 4) is 5.75 Å². The van der Waals surface area contributed by atoms with Crippen LogP contribution in [0.2, 0.25) is 0 Å². The third-order valence-electron chi connectivity index (χ3n) is 3.52. The third-order valence-corrected chi connectivity index (χ3v) is 4.14. The van der Waals surface area contributed by atoms with Crippen LogP contribution in [0.25, 0.3) is 0 Å². The van der Waals surface area contributed by atoms with E-state index in [1.807, 2.05) is 26.0 Å². The van der Waals surface area contributed by atoms with Crippen LogP contribution < -0.4 is 10.1 Å². The van der Waals surface area contributed by atoms with Crippen molar-refractivity contribution in [2.75, 3.05) is 13.2 Å². The van der Waals surface area contributed by atoms with Crippen molar-refractivity contribution in [3.05, 3.63) is 28.2 Å². The van der Waals surface area contributed by atoms with Gasteiger partial charge in [0.25, 0.3) is 0 Å². The summed E-state index contributed by atoms with van der Waals surface area (Å²) in [6.45, 7) is 10.1. The van der Waals surface area contributed by atoms with Crippen molar-refractivity contribution in [2.45, 2.75) is 46.3 Å². The molecule has 114 valence electrons. The van der Waals surface area contributed by atoms with Crippen LogP contribution in [0.1, 0.15) is 39.7 Å². The number of ether oxygens (including phenoxy) is 1. The lowest BCUT2D eigenvalue weighted by Crippen LogP contribution is -2.37. The van der Waals surface area contributed by atoms with Gasteiger partial charge in [-0.3, -0.25) is 0 Å². The van der Waals surface area contributed by atoms with Gasteiger partial charge in [-0.2, -0.15) is 0 Å². The first-order valence-electron chi connectivity index (χ1n) is 7.21. The molecule has 0 bridgehead atoms. The Labute approximate surface area is 130 Å². The smallest absolute Gasteiger partial charge is 0.133 e. The molecule has 0 fully saturated rings. The van der Waals surface area contributed by atoms with Gasteiger partial charge in [-0.15, -0.1) is 0 Å². The van der Waals surface area contributed by atoms with Crippen molar-refractivity contribution >= 4 is 15.9 Å². The second-order valence-corrected chi connectivity index (χ2v) is 6.60. The van der Waals surface area contributed by atoms with Crippen LogP contribution in [0.4, 0.5) is 0 Å². The minimum atomic E-state index is -0.819. The van der Waals surface area contributed by atoms with Gasteiger partial charge in [0, 0.05) is 6.54 Å². The Kier molecular flexibility index (Phi) is 7.00. The summed E-state index contributed by atoms with van der Waals surface area (Å²) in [7, 11) is 0. The monoisotopic (exact) mass is 343 g/mol. The van der Waals surface area contributed by atoms with Crippen molar-refractivity contribution in [1.29, 1.82) is 0 Å². The van der Waals surface area contributed by atoms with E-state index in [1.165, 1.54) is 5.56 Å². The summed E-state index contributed by atoms with van der Waals surface area (Å²) in [6, 6.07) is 6.05. The molecule has 0 radical (unpaired) electrons. The predicted molar refractivity (Wildman–Crippen MR) is 87.1 cm³/mol. The van der Waals surface area contributed by atoms with Crippen LogP contribution in [0.15, 0.2) is 22.7 Å². The fraction of sp³-hybridized carbons (Fsp3) is 0.625. The van der Waals surface area contributed by atoms with Crippen molar-refractivity contribution < 1.29 is 9.84 Å². The normalized spacial score (nSPS) is 14.3. The number of nitrogens with one attached hydrogen (secondary N) is 1. The summed E-state index contributed by atoms with van der Waals surface area (Å²) < 4.78 is 6.65. The van der Waals surface area contributed by atoms with E-state index < -0.39 is 5.60 Å². The molecule has 0 saturated carbocycles. The fourth-order valence-electron chi connectivity index (χ4n) is 1.57. The van der Waals surface area contributed by atoms with E-state index in [2.05, 4.69) is 34.2 Å². The molecule has 0 aliphatic heterocycles. The van der Waals surface area contributed by atoms with Crippen LogP contribution in [0, 0.1) is 5.92 Å². The Bertz CT molecular complexity index is 419. The molecule has 1 aromatic rings. The lowest BCUT2D eigenvalue weighted by Gasteiger charge is -2.27. The van der Waals surface area contributed by atoms with E-state index in [0.717, 1.165) is 29.7 Å². The standard InChI is InChI=1S/C16H26BrNO2/c1-5-8-18-10-13-6-7-15(14(17)9-13)20-11-16(4,19)12(2)3/h6-7,9,12,18-19H,5,8,10-11H2,1-4H3. The second-order valence-electron chi connectivity index (χ2n) is 5.74. The lowest BCUT2D eigenvalue weighted by atomic mass is 9.94. The highest BCUT2D eigenvalue weighted by Gasteiger charge is 2.26. The van der Waals surface area contributed by atoms with E-state index in [9.17, 15) is 5.11 Å². The number of benzene rings is 1. The summed E-state index contributed by atoms with van der Waals surface area (Å²) in [6.07, 6.45) is 1.13. The first kappa shape index (κ1) is 17.5. The summed E-state index contributed by atoms with van der Waals surface area (Å²) in [5.74, 6) is 0.920. The zero-order valence-electron chi connectivity index (χ0n) is 12.9. The molecule has 0 aliphatic carbocycles. The van der Waals surface area contributed by atoms with Gasteiger partial charge < -0.3 is 15.2 Å². The number of hydrogen-bond donors (Lipinski definition) is 2. The average Bonchev–Trinajstić information content (AvgIpc) is 2.38. The molecular weight excluding hydrogens is 318 g/mol. The Morgan fingerprint density at radius 2 is 2.10 bits per heavy atom. The summed E-state index contributed by atoms with van der Waals surface area (Å²) >= 11 is 3.53. The Morgan fingerprint density at radius 1 is 1.40 bits per heavy atom. The van der Waals surface area contributed by atoms with Crippen molar-refractivity contribution in [3.63, 3.8) is 0 Å². The first-order chi connectivity index (χ1) is 9.36. The van der Waals surface area contributed by atoms with Gasteiger partial charge in [0.05, 0.1) is 10.1 Å². The van der Waals surface area contributed by atoms with Gasteiger partial charge in [0.2, 0.25) is 0 Å². The molecule has 20 heavy (non-hydrogen) atoms. The van der Waals surface area contributed by atoms with Gasteiger partial charge in [-0.05, 0) is 59.4 Å². The molecule has 0 aliphatic rings. The molecular formula is C16H26BrNO2. The fourth-order valence-corrected chi connectivity index (χ4v) is 2.11. The molecule has 0 saturated heterocycles. The Balaban J connectivity index is 2.60. The van der Waals surface area contributed by atoms with Gasteiger partial charge in [-0.25, -0.2) is 0 Å². The predicted octanol–water partition coefficient (Wildman–Crippen LogP) is 3.73. The molecule has 0 spiro atoms. The average molecular weight is 344 g/mol. The number of hydrogen-bond acceptors (Lipinski definition) is 3. The molecule has 2 N–H and O–H groups in total. The molecule has 1 unspecified atom stereocenters. The maximum Gasteiger partial charge on any atom is 0.133 e. The summed E-state index contributed by atoms with van der Waals surface area (Å²) in [4.78, 5) is 0. The molecule has 4 heteroatoms. The van der Waals surface area contributed by atoms with Crippen LogP contribution in [-0.2, 0) is 6.54 Å². The largest absolute Gasteiger partial charge is 0.489 e. The van der Waals surface area contributed by atoms with Gasteiger partial charge in [-0.1, -0.05) is 26.8 Å². The maximum atomic E-state index is 10.2.